The molecule has 0 heterocycles. The zero-order valence-corrected chi connectivity index (χ0v) is 11.3. The van der Waals surface area contributed by atoms with Gasteiger partial charge in [0, 0.05) is 11.3 Å². The first-order valence-electron chi connectivity index (χ1n) is 6.91. The standard InChI is InChI=1S/C15H26O2/c1-9(2)11-7-8-15(4)12(16)6-5-10(3)13(15)14(11)17/h9,11-14,16-17H,3,5-8H2,1-2,4H3/t11-,12-,13-,14+,15+/m0/s1. The molecule has 5 atom stereocenters. The van der Waals surface area contributed by atoms with E-state index in [1.54, 1.807) is 0 Å². The van der Waals surface area contributed by atoms with E-state index in [9.17, 15) is 10.2 Å². The SMILES string of the molecule is C=C1CC[C@H](O)[C@@]2(C)CC[C@@H](C(C)C)[C@@H](O)[C@H]12. The van der Waals surface area contributed by atoms with Crippen molar-refractivity contribution in [2.75, 3.05) is 0 Å². The molecule has 2 aliphatic carbocycles. The fraction of sp³-hybridized carbons (Fsp3) is 0.867. The van der Waals surface area contributed by atoms with E-state index in [1.807, 2.05) is 0 Å². The smallest absolute Gasteiger partial charge is 0.0642 e. The number of hydrogen-bond acceptors (Lipinski definition) is 2. The lowest BCUT2D eigenvalue weighted by Crippen LogP contribution is -2.54. The van der Waals surface area contributed by atoms with Crippen molar-refractivity contribution in [1.29, 1.82) is 0 Å². The van der Waals surface area contributed by atoms with Crippen LogP contribution in [0.1, 0.15) is 46.5 Å². The van der Waals surface area contributed by atoms with E-state index in [0.29, 0.717) is 11.8 Å². The van der Waals surface area contributed by atoms with Crippen LogP contribution in [0, 0.1) is 23.2 Å². The molecule has 0 saturated heterocycles. The number of rotatable bonds is 1. The summed E-state index contributed by atoms with van der Waals surface area (Å²) in [6.45, 7) is 10.6. The number of hydrogen-bond donors (Lipinski definition) is 2. The van der Waals surface area contributed by atoms with Gasteiger partial charge in [-0.2, -0.15) is 0 Å². The van der Waals surface area contributed by atoms with E-state index in [1.165, 1.54) is 0 Å². The predicted molar refractivity (Wildman–Crippen MR) is 69.5 cm³/mol. The molecule has 0 aromatic carbocycles. The normalized spacial score (nSPS) is 47.1. The highest BCUT2D eigenvalue weighted by Gasteiger charge is 2.52. The Bertz CT molecular complexity index is 310. The van der Waals surface area contributed by atoms with Gasteiger partial charge in [-0.3, -0.25) is 0 Å². The van der Waals surface area contributed by atoms with E-state index in [0.717, 1.165) is 31.3 Å². The van der Waals surface area contributed by atoms with Gasteiger partial charge >= 0.3 is 0 Å². The first-order valence-corrected chi connectivity index (χ1v) is 6.91. The molecular formula is C15H26O2. The molecule has 2 N–H and O–H groups in total. The molecule has 98 valence electrons. The van der Waals surface area contributed by atoms with E-state index < -0.39 is 0 Å². The molecule has 0 aromatic heterocycles. The molecule has 2 heteroatoms. The van der Waals surface area contributed by atoms with Gasteiger partial charge in [0.15, 0.2) is 0 Å². The van der Waals surface area contributed by atoms with Crippen LogP contribution < -0.4 is 0 Å². The summed E-state index contributed by atoms with van der Waals surface area (Å²) in [6.07, 6.45) is 3.11. The third kappa shape index (κ3) is 1.96. The Morgan fingerprint density at radius 2 is 1.94 bits per heavy atom. The van der Waals surface area contributed by atoms with Crippen molar-refractivity contribution in [3.8, 4) is 0 Å². The summed E-state index contributed by atoms with van der Waals surface area (Å²) in [5.41, 5.74) is 0.996. The van der Waals surface area contributed by atoms with Crippen LogP contribution in [-0.4, -0.2) is 22.4 Å². The van der Waals surface area contributed by atoms with Crippen LogP contribution in [0.2, 0.25) is 0 Å². The van der Waals surface area contributed by atoms with E-state index >= 15 is 0 Å². The van der Waals surface area contributed by atoms with Crippen molar-refractivity contribution < 1.29 is 10.2 Å². The lowest BCUT2D eigenvalue weighted by molar-refractivity contribution is -0.120. The molecule has 2 nitrogen and oxygen atoms in total. The van der Waals surface area contributed by atoms with Crippen molar-refractivity contribution >= 4 is 0 Å². The maximum absolute atomic E-state index is 10.6. The third-order valence-electron chi connectivity index (χ3n) is 5.30. The van der Waals surface area contributed by atoms with Crippen molar-refractivity contribution in [1.82, 2.24) is 0 Å². The summed E-state index contributed by atoms with van der Waals surface area (Å²) in [6, 6.07) is 0. The summed E-state index contributed by atoms with van der Waals surface area (Å²) in [5.74, 6) is 0.948. The molecule has 2 fully saturated rings. The minimum atomic E-state index is -0.323. The second kappa shape index (κ2) is 4.40. The van der Waals surface area contributed by atoms with Gasteiger partial charge in [0.25, 0.3) is 0 Å². The molecule has 0 unspecified atom stereocenters. The van der Waals surface area contributed by atoms with Gasteiger partial charge in [-0.1, -0.05) is 32.9 Å². The second-order valence-electron chi connectivity index (χ2n) is 6.63. The molecule has 2 rings (SSSR count). The Hall–Kier alpha value is -0.340. The lowest BCUT2D eigenvalue weighted by atomic mass is 9.53. The Morgan fingerprint density at radius 1 is 1.29 bits per heavy atom. The van der Waals surface area contributed by atoms with Crippen LogP contribution in [0.25, 0.3) is 0 Å². The number of aliphatic hydroxyl groups excluding tert-OH is 2. The summed E-state index contributed by atoms with van der Waals surface area (Å²) in [4.78, 5) is 0. The lowest BCUT2D eigenvalue weighted by Gasteiger charge is -2.54. The van der Waals surface area contributed by atoms with E-state index in [2.05, 4.69) is 27.4 Å². The van der Waals surface area contributed by atoms with Gasteiger partial charge in [0.05, 0.1) is 12.2 Å². The summed E-state index contributed by atoms with van der Waals surface area (Å²) in [5, 5.41) is 20.9. The zero-order valence-electron chi connectivity index (χ0n) is 11.3. The Morgan fingerprint density at radius 3 is 2.53 bits per heavy atom. The fourth-order valence-corrected chi connectivity index (χ4v) is 4.06. The molecule has 2 aliphatic rings. The highest BCUT2D eigenvalue weighted by molar-refractivity contribution is 5.17. The van der Waals surface area contributed by atoms with Gasteiger partial charge in [-0.05, 0) is 37.5 Å². The zero-order chi connectivity index (χ0) is 12.8. The number of fused-ring (bicyclic) bond motifs is 1. The van der Waals surface area contributed by atoms with Crippen molar-refractivity contribution in [3.05, 3.63) is 12.2 Å². The molecule has 0 aromatic rings. The van der Waals surface area contributed by atoms with Gasteiger partial charge in [-0.25, -0.2) is 0 Å². The van der Waals surface area contributed by atoms with Gasteiger partial charge in [0.2, 0.25) is 0 Å². The topological polar surface area (TPSA) is 40.5 Å². The minimum Gasteiger partial charge on any atom is -0.393 e. The van der Waals surface area contributed by atoms with Crippen LogP contribution in [-0.2, 0) is 0 Å². The molecule has 17 heavy (non-hydrogen) atoms. The molecular weight excluding hydrogens is 212 g/mol. The Kier molecular flexibility index (Phi) is 3.39. The van der Waals surface area contributed by atoms with Gasteiger partial charge in [0.1, 0.15) is 0 Å². The third-order valence-corrected chi connectivity index (χ3v) is 5.30. The fourth-order valence-electron chi connectivity index (χ4n) is 4.06. The Labute approximate surface area is 105 Å². The van der Waals surface area contributed by atoms with Crippen molar-refractivity contribution in [2.45, 2.75) is 58.7 Å². The first kappa shape index (κ1) is 13.1. The highest BCUT2D eigenvalue weighted by atomic mass is 16.3. The maximum Gasteiger partial charge on any atom is 0.0642 e. The van der Waals surface area contributed by atoms with E-state index in [4.69, 9.17) is 0 Å². The monoisotopic (exact) mass is 238 g/mol. The quantitative estimate of drug-likeness (QED) is 0.690. The van der Waals surface area contributed by atoms with Crippen molar-refractivity contribution in [2.24, 2.45) is 23.2 Å². The maximum atomic E-state index is 10.6. The van der Waals surface area contributed by atoms with Crippen LogP contribution in [0.4, 0.5) is 0 Å². The van der Waals surface area contributed by atoms with Gasteiger partial charge < -0.3 is 10.2 Å². The summed E-state index contributed by atoms with van der Waals surface area (Å²) < 4.78 is 0. The minimum absolute atomic E-state index is 0.0902. The molecule has 0 aliphatic heterocycles. The predicted octanol–water partition coefficient (Wildman–Crippen LogP) is 2.75. The first-order chi connectivity index (χ1) is 7.88. The summed E-state index contributed by atoms with van der Waals surface area (Å²) >= 11 is 0. The molecule has 0 radical (unpaired) electrons. The number of aliphatic hydroxyl groups is 2. The van der Waals surface area contributed by atoms with Crippen LogP contribution in [0.15, 0.2) is 12.2 Å². The summed E-state index contributed by atoms with van der Waals surface area (Å²) in [7, 11) is 0. The van der Waals surface area contributed by atoms with Gasteiger partial charge in [-0.15, -0.1) is 0 Å². The molecule has 0 amide bonds. The highest BCUT2D eigenvalue weighted by Crippen LogP contribution is 2.54. The average molecular weight is 238 g/mol. The molecule has 2 saturated carbocycles. The van der Waals surface area contributed by atoms with Crippen LogP contribution in [0.5, 0.6) is 0 Å². The average Bonchev–Trinajstić information content (AvgIpc) is 2.23. The van der Waals surface area contributed by atoms with E-state index in [-0.39, 0.29) is 23.5 Å². The second-order valence-corrected chi connectivity index (χ2v) is 6.63. The van der Waals surface area contributed by atoms with Crippen LogP contribution in [0.3, 0.4) is 0 Å². The molecule has 0 spiro atoms. The Balaban J connectivity index is 2.29. The van der Waals surface area contributed by atoms with Crippen molar-refractivity contribution in [3.63, 3.8) is 0 Å². The largest absolute Gasteiger partial charge is 0.393 e. The molecule has 0 bridgehead atoms. The van der Waals surface area contributed by atoms with Crippen LogP contribution >= 0.6 is 0 Å².